The first-order chi connectivity index (χ1) is 25.0. The monoisotopic (exact) mass is 741 g/mol. The number of morpholine rings is 1. The van der Waals surface area contributed by atoms with Crippen LogP contribution in [0.2, 0.25) is 0 Å². The van der Waals surface area contributed by atoms with E-state index in [1.54, 1.807) is 34.6 Å². The van der Waals surface area contributed by atoms with Crippen LogP contribution in [-0.4, -0.2) is 58.3 Å². The summed E-state index contributed by atoms with van der Waals surface area (Å²) in [7, 11) is 0. The van der Waals surface area contributed by atoms with Crippen molar-refractivity contribution in [2.75, 3.05) is 19.8 Å². The van der Waals surface area contributed by atoms with E-state index >= 15 is 4.39 Å². The van der Waals surface area contributed by atoms with Gasteiger partial charge in [-0.2, -0.15) is 13.2 Å². The normalized spacial score (nSPS) is 18.4. The second kappa shape index (κ2) is 16.2. The molecule has 2 saturated heterocycles. The molecule has 284 valence electrons. The summed E-state index contributed by atoms with van der Waals surface area (Å²) in [4.78, 5) is 41.9. The Morgan fingerprint density at radius 3 is 2.25 bits per heavy atom. The molecule has 2 fully saturated rings. The topological polar surface area (TPSA) is 101 Å². The summed E-state index contributed by atoms with van der Waals surface area (Å²) in [5.74, 6) is 1.78. The van der Waals surface area contributed by atoms with Crippen LogP contribution in [0.1, 0.15) is 91.9 Å². The van der Waals surface area contributed by atoms with Crippen LogP contribution in [0.15, 0.2) is 41.3 Å². The zero-order chi connectivity index (χ0) is 38.8. The van der Waals surface area contributed by atoms with E-state index in [2.05, 4.69) is 22.1 Å². The Morgan fingerprint density at radius 1 is 1.04 bits per heavy atom. The Kier molecular flexibility index (Phi) is 12.1. The number of aliphatic carboxylic acids is 1. The number of halogens is 5. The lowest BCUT2D eigenvalue weighted by molar-refractivity contribution is -0.139. The second-order valence-corrected chi connectivity index (χ2v) is 14.4. The Bertz CT molecular complexity index is 1960. The van der Waals surface area contributed by atoms with E-state index in [1.807, 2.05) is 0 Å². The largest absolute Gasteiger partial charge is 0.481 e. The lowest BCUT2D eigenvalue weighted by atomic mass is 9.88. The molecule has 1 amide bonds. The maximum absolute atomic E-state index is 15.9. The van der Waals surface area contributed by atoms with Gasteiger partial charge in [0.15, 0.2) is 0 Å². The average Bonchev–Trinajstić information content (AvgIpc) is 3.26. The Labute approximate surface area is 305 Å². The van der Waals surface area contributed by atoms with Crippen LogP contribution < -0.4 is 10.9 Å². The van der Waals surface area contributed by atoms with Crippen molar-refractivity contribution in [3.8, 4) is 23.0 Å². The molecular weight excluding hydrogens is 697 g/mol. The molecule has 4 atom stereocenters. The van der Waals surface area contributed by atoms with Crippen LogP contribution >= 0.6 is 0 Å². The minimum absolute atomic E-state index is 0.0106. The fourth-order valence-corrected chi connectivity index (χ4v) is 7.74. The predicted molar refractivity (Wildman–Crippen MR) is 189 cm³/mol. The molecule has 1 aromatic heterocycles. The van der Waals surface area contributed by atoms with E-state index in [0.717, 1.165) is 29.7 Å². The highest BCUT2D eigenvalue weighted by molar-refractivity contribution is 5.82. The molecule has 3 heterocycles. The van der Waals surface area contributed by atoms with Crippen molar-refractivity contribution < 1.29 is 41.4 Å². The quantitative estimate of drug-likeness (QED) is 0.152. The molecule has 3 aromatic rings. The Morgan fingerprint density at radius 2 is 1.68 bits per heavy atom. The molecule has 53 heavy (non-hydrogen) atoms. The summed E-state index contributed by atoms with van der Waals surface area (Å²) in [5.41, 5.74) is -0.223. The van der Waals surface area contributed by atoms with Gasteiger partial charge in [-0.3, -0.25) is 19.3 Å². The number of aromatic nitrogens is 1. The van der Waals surface area contributed by atoms with Crippen LogP contribution in [-0.2, 0) is 26.9 Å². The number of aryl methyl sites for hydroxylation is 2. The highest BCUT2D eigenvalue weighted by Gasteiger charge is 2.39. The van der Waals surface area contributed by atoms with Gasteiger partial charge in [0.2, 0.25) is 5.91 Å². The van der Waals surface area contributed by atoms with Crippen LogP contribution in [0.4, 0.5) is 22.0 Å². The zero-order valence-electron chi connectivity index (χ0n) is 30.4. The zero-order valence-corrected chi connectivity index (χ0v) is 30.4. The van der Waals surface area contributed by atoms with Gasteiger partial charge in [0, 0.05) is 42.0 Å². The molecule has 2 N–H and O–H groups in total. The first-order valence-corrected chi connectivity index (χ1v) is 17.7. The van der Waals surface area contributed by atoms with Crippen LogP contribution in [0.25, 0.3) is 11.1 Å². The molecule has 2 aromatic carbocycles. The van der Waals surface area contributed by atoms with Crippen molar-refractivity contribution in [3.05, 3.63) is 91.9 Å². The van der Waals surface area contributed by atoms with Gasteiger partial charge in [-0.25, -0.2) is 8.78 Å². The molecule has 2 bridgehead atoms. The summed E-state index contributed by atoms with van der Waals surface area (Å²) < 4.78 is 79.7. The number of carbonyl (C=O) groups excluding carboxylic acids is 1. The number of carboxylic acid groups (broad SMARTS) is 1. The number of hydrogen-bond acceptors (Lipinski definition) is 5. The molecular formula is C40H44F5N3O5. The van der Waals surface area contributed by atoms with Crippen LogP contribution in [0.3, 0.4) is 0 Å². The first kappa shape index (κ1) is 39.7. The number of nitrogens with zero attached hydrogens (tertiary/aromatic N) is 2. The highest BCUT2D eigenvalue weighted by Crippen LogP contribution is 2.37. The SMILES string of the molecule is CC#Cc1cc(F)c([C@H](CC(=O)O)NC(=O)[C@H](CC(C)C)n2cc(CCN3C4CCC3COC4)c(C(F)(F)F)cc2=O)cc1-c1c(C)cc(F)cc1C. The van der Waals surface area contributed by atoms with E-state index in [1.165, 1.54) is 18.2 Å². The standard InChI is InChI=1S/C40H44F5N3O5/c1-6-7-25-15-33(42)31(16-30(25)38-23(4)13-27(41)14-24(38)5)34(18-37(50)51)46-39(52)35(12-22(2)3)48-19-26(32(17-36(48)49)40(43,44)45)10-11-47-28-8-9-29(47)21-53-20-28/h13-17,19,22,28-29,34-35H,8-12,18,20-21H2,1-5H3,(H,46,52)(H,50,51)/t28?,29?,34-,35-/m0/s1. The molecule has 0 aliphatic carbocycles. The van der Waals surface area contributed by atoms with E-state index in [9.17, 15) is 37.1 Å². The number of carbonyl (C=O) groups is 2. The summed E-state index contributed by atoms with van der Waals surface area (Å²) in [6.45, 7) is 9.74. The third-order valence-electron chi connectivity index (χ3n) is 10.1. The number of hydrogen-bond donors (Lipinski definition) is 2. The molecule has 0 spiro atoms. The Hall–Kier alpha value is -4.54. The van der Waals surface area contributed by atoms with Crippen molar-refractivity contribution in [1.29, 1.82) is 0 Å². The fourth-order valence-electron chi connectivity index (χ4n) is 7.74. The van der Waals surface area contributed by atoms with E-state index in [4.69, 9.17) is 4.74 Å². The number of ether oxygens (including phenoxy) is 1. The molecule has 8 nitrogen and oxygen atoms in total. The number of rotatable bonds is 12. The van der Waals surface area contributed by atoms with E-state index < -0.39 is 59.3 Å². The molecule has 2 unspecified atom stereocenters. The fraction of sp³-hybridized carbons (Fsp3) is 0.475. The summed E-state index contributed by atoms with van der Waals surface area (Å²) in [6, 6.07) is 3.02. The van der Waals surface area contributed by atoms with Crippen molar-refractivity contribution in [1.82, 2.24) is 14.8 Å². The summed E-state index contributed by atoms with van der Waals surface area (Å²) in [6.07, 6.45) is -2.77. The minimum atomic E-state index is -4.83. The number of amides is 1. The molecule has 13 heteroatoms. The van der Waals surface area contributed by atoms with Gasteiger partial charge < -0.3 is 19.7 Å². The smallest absolute Gasteiger partial charge is 0.416 e. The molecule has 0 radical (unpaired) electrons. The van der Waals surface area contributed by atoms with Gasteiger partial charge in [0.1, 0.15) is 17.7 Å². The molecule has 2 aliphatic heterocycles. The second-order valence-electron chi connectivity index (χ2n) is 14.4. The van der Waals surface area contributed by atoms with E-state index in [0.29, 0.717) is 48.1 Å². The van der Waals surface area contributed by atoms with Gasteiger partial charge in [-0.1, -0.05) is 19.8 Å². The number of nitrogens with one attached hydrogen (secondary N) is 1. The summed E-state index contributed by atoms with van der Waals surface area (Å²) >= 11 is 0. The minimum Gasteiger partial charge on any atom is -0.481 e. The summed E-state index contributed by atoms with van der Waals surface area (Å²) in [5, 5.41) is 12.5. The average molecular weight is 742 g/mol. The van der Waals surface area contributed by atoms with Crippen molar-refractivity contribution in [3.63, 3.8) is 0 Å². The third-order valence-corrected chi connectivity index (χ3v) is 10.1. The number of benzene rings is 2. The van der Waals surface area contributed by atoms with Gasteiger partial charge in [0.05, 0.1) is 31.2 Å². The first-order valence-electron chi connectivity index (χ1n) is 17.7. The van der Waals surface area contributed by atoms with Crippen LogP contribution in [0, 0.1) is 43.2 Å². The van der Waals surface area contributed by atoms with Gasteiger partial charge in [-0.15, -0.1) is 5.92 Å². The van der Waals surface area contributed by atoms with Gasteiger partial charge in [-0.05, 0) is 104 Å². The maximum atomic E-state index is 15.9. The highest BCUT2D eigenvalue weighted by atomic mass is 19.4. The molecule has 2 aliphatic rings. The third kappa shape index (κ3) is 8.99. The lowest BCUT2D eigenvalue weighted by Gasteiger charge is -2.34. The van der Waals surface area contributed by atoms with Crippen molar-refractivity contribution >= 4 is 11.9 Å². The van der Waals surface area contributed by atoms with Crippen molar-refractivity contribution in [2.45, 2.75) is 97.1 Å². The maximum Gasteiger partial charge on any atom is 0.416 e. The predicted octanol–water partition coefficient (Wildman–Crippen LogP) is 7.13. The van der Waals surface area contributed by atoms with E-state index in [-0.39, 0.29) is 47.5 Å². The lowest BCUT2D eigenvalue weighted by Crippen LogP contribution is -2.46. The molecule has 5 rings (SSSR count). The van der Waals surface area contributed by atoms with Crippen LogP contribution in [0.5, 0.6) is 0 Å². The van der Waals surface area contributed by atoms with Gasteiger partial charge >= 0.3 is 12.1 Å². The number of pyridine rings is 1. The number of alkyl halides is 3. The number of carboxylic acids is 1. The van der Waals surface area contributed by atoms with Crippen molar-refractivity contribution in [2.24, 2.45) is 5.92 Å². The number of fused-ring (bicyclic) bond motifs is 2. The molecule has 0 saturated carbocycles. The van der Waals surface area contributed by atoms with Gasteiger partial charge in [0.25, 0.3) is 5.56 Å². The Balaban J connectivity index is 1.55.